The predicted molar refractivity (Wildman–Crippen MR) is 126 cm³/mol. The number of rotatable bonds is 6. The fourth-order valence-electron chi connectivity index (χ4n) is 3.64. The number of benzene rings is 2. The minimum absolute atomic E-state index is 0.0359. The summed E-state index contributed by atoms with van der Waals surface area (Å²) in [6.45, 7) is 5.94. The molecule has 0 atom stereocenters. The van der Waals surface area contributed by atoms with Gasteiger partial charge in [-0.15, -0.1) is 11.8 Å². The van der Waals surface area contributed by atoms with Crippen molar-refractivity contribution in [3.63, 3.8) is 0 Å². The highest BCUT2D eigenvalue weighted by Gasteiger charge is 2.24. The molecule has 0 saturated heterocycles. The first kappa shape index (κ1) is 21.6. The van der Waals surface area contributed by atoms with Crippen LogP contribution in [0.4, 0.5) is 11.5 Å². The molecule has 3 N–H and O–H groups in total. The molecule has 0 aliphatic rings. The Morgan fingerprint density at radius 1 is 1.16 bits per heavy atom. The third-order valence-electron chi connectivity index (χ3n) is 5.06. The van der Waals surface area contributed by atoms with Crippen molar-refractivity contribution in [1.82, 2.24) is 19.9 Å². The molecule has 2 aromatic heterocycles. The van der Waals surface area contributed by atoms with E-state index in [9.17, 15) is 4.79 Å². The minimum atomic E-state index is -0.219. The summed E-state index contributed by atoms with van der Waals surface area (Å²) in [5, 5.41) is 12.2. The number of thioether (sulfide) groups is 1. The summed E-state index contributed by atoms with van der Waals surface area (Å²) in [7, 11) is 0. The second kappa shape index (κ2) is 8.88. The number of nitrogens with two attached hydrogens (primary N) is 1. The molecule has 0 bridgehead atoms. The van der Waals surface area contributed by atoms with Crippen molar-refractivity contribution >= 4 is 29.2 Å². The number of aromatic nitrogens is 4. The lowest BCUT2D eigenvalue weighted by Gasteiger charge is -2.13. The molecule has 0 radical (unpaired) electrons. The van der Waals surface area contributed by atoms with Crippen LogP contribution in [0.2, 0.25) is 0 Å². The van der Waals surface area contributed by atoms with Gasteiger partial charge in [-0.1, -0.05) is 53.2 Å². The van der Waals surface area contributed by atoms with Crippen molar-refractivity contribution in [1.29, 1.82) is 0 Å². The molecular formula is C23H24N6O2S. The second-order valence-electron chi connectivity index (χ2n) is 7.54. The van der Waals surface area contributed by atoms with Gasteiger partial charge in [-0.2, -0.15) is 10.1 Å². The van der Waals surface area contributed by atoms with Crippen LogP contribution in [-0.2, 0) is 11.3 Å². The van der Waals surface area contributed by atoms with E-state index in [-0.39, 0.29) is 18.3 Å². The Labute approximate surface area is 190 Å². The van der Waals surface area contributed by atoms with E-state index in [1.54, 1.807) is 0 Å². The Morgan fingerprint density at radius 2 is 1.84 bits per heavy atom. The molecule has 8 nitrogen and oxygen atoms in total. The number of amides is 1. The van der Waals surface area contributed by atoms with Gasteiger partial charge in [0, 0.05) is 11.3 Å². The van der Waals surface area contributed by atoms with E-state index in [4.69, 9.17) is 10.3 Å². The molecule has 4 aromatic rings. The maximum atomic E-state index is 12.8. The van der Waals surface area contributed by atoms with Crippen molar-refractivity contribution in [2.75, 3.05) is 17.3 Å². The number of anilines is 2. The van der Waals surface area contributed by atoms with Gasteiger partial charge in [0.05, 0.1) is 0 Å². The van der Waals surface area contributed by atoms with Gasteiger partial charge in [-0.25, -0.2) is 4.68 Å². The molecule has 1 amide bonds. The van der Waals surface area contributed by atoms with Gasteiger partial charge in [-0.05, 0) is 38.2 Å². The van der Waals surface area contributed by atoms with E-state index in [2.05, 4.69) is 20.6 Å². The molecule has 2 heterocycles. The maximum Gasteiger partial charge on any atom is 0.264 e. The fraction of sp³-hybridized carbons (Fsp3) is 0.217. The van der Waals surface area contributed by atoms with Crippen LogP contribution in [0.15, 0.2) is 52.0 Å². The first-order chi connectivity index (χ1) is 15.4. The minimum Gasteiger partial charge on any atom is -0.383 e. The Hall–Kier alpha value is -3.59. The smallest absolute Gasteiger partial charge is 0.264 e. The lowest BCUT2D eigenvalue weighted by molar-refractivity contribution is -0.116. The molecule has 0 aliphatic heterocycles. The maximum absolute atomic E-state index is 12.8. The number of nitrogen functional groups attached to an aromatic ring is 1. The fourth-order valence-corrected chi connectivity index (χ4v) is 4.21. The predicted octanol–water partition coefficient (Wildman–Crippen LogP) is 4.47. The highest BCUT2D eigenvalue weighted by atomic mass is 32.2. The Kier molecular flexibility index (Phi) is 6.00. The van der Waals surface area contributed by atoms with Crippen LogP contribution in [0.25, 0.3) is 22.8 Å². The average Bonchev–Trinajstić information content (AvgIpc) is 3.36. The molecule has 0 aliphatic carbocycles. The third-order valence-corrected chi connectivity index (χ3v) is 5.73. The largest absolute Gasteiger partial charge is 0.383 e. The van der Waals surface area contributed by atoms with Gasteiger partial charge >= 0.3 is 0 Å². The normalized spacial score (nSPS) is 11.0. The quantitative estimate of drug-likeness (QED) is 0.419. The number of hydrogen-bond donors (Lipinski definition) is 2. The molecule has 4 rings (SSSR count). The summed E-state index contributed by atoms with van der Waals surface area (Å²) < 4.78 is 6.94. The topological polar surface area (TPSA) is 112 Å². The Balaban J connectivity index is 1.60. The summed E-state index contributed by atoms with van der Waals surface area (Å²) in [6, 6.07) is 13.6. The number of nitrogens with one attached hydrogen (secondary N) is 1. The lowest BCUT2D eigenvalue weighted by Crippen LogP contribution is -2.21. The summed E-state index contributed by atoms with van der Waals surface area (Å²) in [5.74, 6) is 0.805. The summed E-state index contributed by atoms with van der Waals surface area (Å²) in [4.78, 5) is 17.3. The SMILES string of the molecule is CSc1nn(CC(=O)Nc2c(C)cc(C)cc2C)c(N)c1-c1nc(-c2ccccc2)no1. The Bertz CT molecular complexity index is 1260. The molecular weight excluding hydrogens is 424 g/mol. The van der Waals surface area contributed by atoms with E-state index in [1.807, 2.05) is 69.5 Å². The van der Waals surface area contributed by atoms with E-state index in [0.717, 1.165) is 27.9 Å². The monoisotopic (exact) mass is 448 g/mol. The van der Waals surface area contributed by atoms with Gasteiger partial charge in [-0.3, -0.25) is 4.79 Å². The Morgan fingerprint density at radius 3 is 2.50 bits per heavy atom. The van der Waals surface area contributed by atoms with Crippen molar-refractivity contribution in [2.24, 2.45) is 0 Å². The number of carbonyl (C=O) groups excluding carboxylic acids is 1. The van der Waals surface area contributed by atoms with Crippen molar-refractivity contribution in [3.8, 4) is 22.8 Å². The summed E-state index contributed by atoms with van der Waals surface area (Å²) in [6.07, 6.45) is 1.88. The van der Waals surface area contributed by atoms with Crippen LogP contribution in [0.3, 0.4) is 0 Å². The number of aryl methyl sites for hydroxylation is 3. The number of nitrogens with zero attached hydrogens (tertiary/aromatic N) is 4. The standard InChI is InChI=1S/C23H24N6O2S/c1-13-10-14(2)19(15(3)11-13)25-17(30)12-29-20(24)18(23(27-29)32-4)22-26-21(28-31-22)16-8-6-5-7-9-16/h5-11H,12,24H2,1-4H3,(H,25,30). The van der Waals surface area contributed by atoms with Crippen LogP contribution in [-0.4, -0.2) is 32.1 Å². The second-order valence-corrected chi connectivity index (χ2v) is 8.33. The van der Waals surface area contributed by atoms with Crippen LogP contribution >= 0.6 is 11.8 Å². The molecule has 0 spiro atoms. The van der Waals surface area contributed by atoms with E-state index >= 15 is 0 Å². The van der Waals surface area contributed by atoms with E-state index in [1.165, 1.54) is 16.4 Å². The highest BCUT2D eigenvalue weighted by molar-refractivity contribution is 7.98. The van der Waals surface area contributed by atoms with Crippen LogP contribution < -0.4 is 11.1 Å². The zero-order chi connectivity index (χ0) is 22.8. The first-order valence-electron chi connectivity index (χ1n) is 10.0. The van der Waals surface area contributed by atoms with E-state index < -0.39 is 0 Å². The van der Waals surface area contributed by atoms with Gasteiger partial charge in [0.25, 0.3) is 5.89 Å². The van der Waals surface area contributed by atoms with Crippen molar-refractivity contribution in [2.45, 2.75) is 32.3 Å². The summed E-state index contributed by atoms with van der Waals surface area (Å²) >= 11 is 1.40. The van der Waals surface area contributed by atoms with Crippen LogP contribution in [0.1, 0.15) is 16.7 Å². The summed E-state index contributed by atoms with van der Waals surface area (Å²) in [5.41, 5.74) is 11.7. The molecule has 0 fully saturated rings. The molecule has 32 heavy (non-hydrogen) atoms. The average molecular weight is 449 g/mol. The van der Waals surface area contributed by atoms with Crippen LogP contribution in [0, 0.1) is 20.8 Å². The molecule has 9 heteroatoms. The van der Waals surface area contributed by atoms with Crippen LogP contribution in [0.5, 0.6) is 0 Å². The molecule has 0 saturated carbocycles. The van der Waals surface area contributed by atoms with Crippen molar-refractivity contribution < 1.29 is 9.32 Å². The van der Waals surface area contributed by atoms with Gasteiger partial charge in [0.1, 0.15) is 23.0 Å². The molecule has 2 aromatic carbocycles. The van der Waals surface area contributed by atoms with Gasteiger partial charge < -0.3 is 15.6 Å². The van der Waals surface area contributed by atoms with Crippen molar-refractivity contribution in [3.05, 3.63) is 59.2 Å². The third kappa shape index (κ3) is 4.24. The van der Waals surface area contributed by atoms with Gasteiger partial charge in [0.2, 0.25) is 11.7 Å². The molecule has 0 unspecified atom stereocenters. The van der Waals surface area contributed by atoms with E-state index in [0.29, 0.717) is 22.2 Å². The van der Waals surface area contributed by atoms with Gasteiger partial charge in [0.15, 0.2) is 0 Å². The zero-order valence-corrected chi connectivity index (χ0v) is 19.2. The number of hydrogen-bond acceptors (Lipinski definition) is 7. The highest BCUT2D eigenvalue weighted by Crippen LogP contribution is 2.35. The lowest BCUT2D eigenvalue weighted by atomic mass is 10.1. The molecule has 164 valence electrons. The first-order valence-corrected chi connectivity index (χ1v) is 11.3. The number of carbonyl (C=O) groups is 1. The zero-order valence-electron chi connectivity index (χ0n) is 18.3.